The number of hydrogen-bond donors (Lipinski definition) is 2. The minimum atomic E-state index is 0.472. The van der Waals surface area contributed by atoms with Gasteiger partial charge in [0.25, 0.3) is 0 Å². The van der Waals surface area contributed by atoms with E-state index in [2.05, 4.69) is 17.1 Å². The third-order valence-electron chi connectivity index (χ3n) is 4.03. The van der Waals surface area contributed by atoms with Crippen molar-refractivity contribution in [1.29, 1.82) is 0 Å². The van der Waals surface area contributed by atoms with Crippen molar-refractivity contribution in [2.45, 2.75) is 13.0 Å². The highest BCUT2D eigenvalue weighted by Gasteiger charge is 2.06. The van der Waals surface area contributed by atoms with Gasteiger partial charge in [0, 0.05) is 30.2 Å². The molecule has 0 spiro atoms. The Bertz CT molecular complexity index is 834. The average molecular weight is 320 g/mol. The molecule has 0 bridgehead atoms. The normalized spacial score (nSPS) is 11.6. The molecule has 0 radical (unpaired) electrons. The van der Waals surface area contributed by atoms with E-state index in [0.717, 1.165) is 29.4 Å². The molecule has 1 aromatic heterocycles. The third kappa shape index (κ3) is 3.98. The van der Waals surface area contributed by atoms with E-state index in [1.54, 1.807) is 6.08 Å². The molecule has 0 atom stereocenters. The summed E-state index contributed by atoms with van der Waals surface area (Å²) in [5.74, 6) is 0. The Labute approximate surface area is 141 Å². The number of benzene rings is 2. The van der Waals surface area contributed by atoms with Crippen LogP contribution in [0.3, 0.4) is 0 Å². The molecule has 2 N–H and O–H groups in total. The van der Waals surface area contributed by atoms with Crippen molar-refractivity contribution in [3.05, 3.63) is 77.5 Å². The second-order valence-corrected chi connectivity index (χ2v) is 5.73. The van der Waals surface area contributed by atoms with E-state index < -0.39 is 0 Å². The Hall–Kier alpha value is -2.69. The Morgan fingerprint density at radius 3 is 2.67 bits per heavy atom. The Kier molecular flexibility index (Phi) is 5.21. The van der Waals surface area contributed by atoms with Crippen LogP contribution in [0.1, 0.15) is 16.7 Å². The van der Waals surface area contributed by atoms with Crippen LogP contribution < -0.4 is 0 Å². The van der Waals surface area contributed by atoms with Crippen LogP contribution in [0.4, 0.5) is 0 Å². The van der Waals surface area contributed by atoms with E-state index in [0.29, 0.717) is 13.1 Å². The van der Waals surface area contributed by atoms with Crippen LogP contribution in [0.15, 0.2) is 60.8 Å². The summed E-state index contributed by atoms with van der Waals surface area (Å²) in [6, 6.07) is 16.0. The Morgan fingerprint density at radius 2 is 1.88 bits per heavy atom. The van der Waals surface area contributed by atoms with Crippen LogP contribution in [0.2, 0.25) is 0 Å². The van der Waals surface area contributed by atoms with Crippen molar-refractivity contribution < 1.29 is 10.0 Å². The van der Waals surface area contributed by atoms with Gasteiger partial charge in [-0.3, -0.25) is 4.79 Å². The van der Waals surface area contributed by atoms with Gasteiger partial charge in [0.2, 0.25) is 0 Å². The SMILES string of the molecule is O=CC=Cc1ccc(CN(O)CCc2c[nH]c3ccccc23)cc1. The van der Waals surface area contributed by atoms with Gasteiger partial charge in [-0.15, -0.1) is 0 Å². The van der Waals surface area contributed by atoms with Crippen LogP contribution in [-0.4, -0.2) is 28.1 Å². The van der Waals surface area contributed by atoms with Crippen LogP contribution in [0.25, 0.3) is 17.0 Å². The molecule has 0 fully saturated rings. The number of aromatic amines is 1. The van der Waals surface area contributed by atoms with Crippen molar-refractivity contribution >= 4 is 23.3 Å². The topological polar surface area (TPSA) is 56.3 Å². The zero-order valence-corrected chi connectivity index (χ0v) is 13.4. The number of H-pyrrole nitrogens is 1. The van der Waals surface area contributed by atoms with Crippen molar-refractivity contribution in [2.75, 3.05) is 6.54 Å². The number of fused-ring (bicyclic) bond motifs is 1. The summed E-state index contributed by atoms with van der Waals surface area (Å²) in [6.07, 6.45) is 6.76. The predicted octanol–water partition coefficient (Wildman–Crippen LogP) is 3.81. The molecule has 0 unspecified atom stereocenters. The van der Waals surface area contributed by atoms with Crippen molar-refractivity contribution in [3.63, 3.8) is 0 Å². The van der Waals surface area contributed by atoms with Gasteiger partial charge in [-0.25, -0.2) is 0 Å². The van der Waals surface area contributed by atoms with E-state index in [9.17, 15) is 10.0 Å². The van der Waals surface area contributed by atoms with E-state index in [1.165, 1.54) is 22.1 Å². The first kappa shape index (κ1) is 16.2. The van der Waals surface area contributed by atoms with E-state index in [1.807, 2.05) is 42.6 Å². The summed E-state index contributed by atoms with van der Waals surface area (Å²) in [7, 11) is 0. The fourth-order valence-electron chi connectivity index (χ4n) is 2.76. The van der Waals surface area contributed by atoms with Crippen LogP contribution in [-0.2, 0) is 17.8 Å². The third-order valence-corrected chi connectivity index (χ3v) is 4.03. The monoisotopic (exact) mass is 320 g/mol. The van der Waals surface area contributed by atoms with Gasteiger partial charge in [0.1, 0.15) is 6.29 Å². The summed E-state index contributed by atoms with van der Waals surface area (Å²) < 4.78 is 0. The number of aromatic nitrogens is 1. The van der Waals surface area contributed by atoms with E-state index in [4.69, 9.17) is 0 Å². The quantitative estimate of drug-likeness (QED) is 0.395. The molecule has 0 saturated heterocycles. The summed E-state index contributed by atoms with van der Waals surface area (Å²) in [5, 5.41) is 12.7. The van der Waals surface area contributed by atoms with Crippen molar-refractivity contribution in [1.82, 2.24) is 10.0 Å². The molecule has 2 aromatic carbocycles. The number of carbonyl (C=O) groups is 1. The van der Waals surface area contributed by atoms with Gasteiger partial charge in [-0.1, -0.05) is 48.5 Å². The maximum Gasteiger partial charge on any atom is 0.142 e. The highest BCUT2D eigenvalue weighted by atomic mass is 16.5. The van der Waals surface area contributed by atoms with Gasteiger partial charge in [-0.2, -0.15) is 5.06 Å². The second kappa shape index (κ2) is 7.73. The molecule has 3 aromatic rings. The molecule has 1 heterocycles. The number of nitrogens with one attached hydrogen (secondary N) is 1. The Morgan fingerprint density at radius 1 is 1.08 bits per heavy atom. The zero-order valence-electron chi connectivity index (χ0n) is 13.4. The molecule has 0 saturated carbocycles. The first-order valence-electron chi connectivity index (χ1n) is 7.96. The first-order chi connectivity index (χ1) is 11.8. The molecule has 0 aliphatic carbocycles. The summed E-state index contributed by atoms with van der Waals surface area (Å²) >= 11 is 0. The molecule has 4 heteroatoms. The molecular weight excluding hydrogens is 300 g/mol. The van der Waals surface area contributed by atoms with E-state index in [-0.39, 0.29) is 0 Å². The van der Waals surface area contributed by atoms with Gasteiger partial charge < -0.3 is 10.2 Å². The fourth-order valence-corrected chi connectivity index (χ4v) is 2.76. The number of para-hydroxylation sites is 1. The van der Waals surface area contributed by atoms with Crippen molar-refractivity contribution in [2.24, 2.45) is 0 Å². The first-order valence-corrected chi connectivity index (χ1v) is 7.96. The molecular formula is C20H20N2O2. The zero-order chi connectivity index (χ0) is 16.8. The molecule has 3 rings (SSSR count). The second-order valence-electron chi connectivity index (χ2n) is 5.73. The summed E-state index contributed by atoms with van der Waals surface area (Å²) in [5.41, 5.74) is 4.32. The number of hydroxylamine groups is 2. The number of carbonyl (C=O) groups excluding carboxylic acids is 1. The Balaban J connectivity index is 1.56. The summed E-state index contributed by atoms with van der Waals surface area (Å²) in [6.45, 7) is 1.04. The minimum Gasteiger partial charge on any atom is -0.361 e. The van der Waals surface area contributed by atoms with Gasteiger partial charge >= 0.3 is 0 Å². The standard InChI is InChI=1S/C20H20N2O2/c23-13-3-4-16-7-9-17(10-8-16)15-22(24)12-11-18-14-21-20-6-2-1-5-19(18)20/h1-10,13-14,21,24H,11-12,15H2. The highest BCUT2D eigenvalue weighted by molar-refractivity contribution is 5.83. The van der Waals surface area contributed by atoms with Crippen LogP contribution in [0, 0.1) is 0 Å². The highest BCUT2D eigenvalue weighted by Crippen LogP contribution is 2.18. The lowest BCUT2D eigenvalue weighted by atomic mass is 10.1. The summed E-state index contributed by atoms with van der Waals surface area (Å²) in [4.78, 5) is 13.6. The molecule has 0 amide bonds. The van der Waals surface area contributed by atoms with E-state index >= 15 is 0 Å². The predicted molar refractivity (Wildman–Crippen MR) is 95.7 cm³/mol. The van der Waals surface area contributed by atoms with Crippen LogP contribution in [0.5, 0.6) is 0 Å². The molecule has 4 nitrogen and oxygen atoms in total. The molecule has 122 valence electrons. The van der Waals surface area contributed by atoms with Gasteiger partial charge in [0.05, 0.1) is 0 Å². The fraction of sp³-hybridized carbons (Fsp3) is 0.150. The van der Waals surface area contributed by atoms with Crippen LogP contribution >= 0.6 is 0 Å². The number of rotatable bonds is 7. The lowest BCUT2D eigenvalue weighted by Crippen LogP contribution is -2.21. The number of aldehydes is 1. The van der Waals surface area contributed by atoms with Gasteiger partial charge in [-0.05, 0) is 35.3 Å². The maximum absolute atomic E-state index is 10.3. The molecule has 0 aliphatic heterocycles. The molecule has 0 aliphatic rings. The lowest BCUT2D eigenvalue weighted by molar-refractivity contribution is -0.104. The number of hydrogen-bond acceptors (Lipinski definition) is 3. The number of allylic oxidation sites excluding steroid dienone is 1. The number of nitrogens with zero attached hydrogens (tertiary/aromatic N) is 1. The smallest absolute Gasteiger partial charge is 0.142 e. The van der Waals surface area contributed by atoms with Gasteiger partial charge in [0.15, 0.2) is 0 Å². The minimum absolute atomic E-state index is 0.472. The average Bonchev–Trinajstić information content (AvgIpc) is 3.03. The largest absolute Gasteiger partial charge is 0.361 e. The lowest BCUT2D eigenvalue weighted by Gasteiger charge is -2.14. The maximum atomic E-state index is 10.3. The van der Waals surface area contributed by atoms with Crippen molar-refractivity contribution in [3.8, 4) is 0 Å². The molecule has 24 heavy (non-hydrogen) atoms.